The molecule has 0 unspecified atom stereocenters. The van der Waals surface area contributed by atoms with Crippen molar-refractivity contribution in [1.29, 1.82) is 0 Å². The Labute approximate surface area is 201 Å². The van der Waals surface area contributed by atoms with Gasteiger partial charge < -0.3 is 15.0 Å². The maximum atomic E-state index is 12.8. The molecule has 2 amide bonds. The molecule has 2 aromatic carbocycles. The quantitative estimate of drug-likeness (QED) is 0.587. The van der Waals surface area contributed by atoms with Crippen molar-refractivity contribution < 1.29 is 22.7 Å². The third-order valence-electron chi connectivity index (χ3n) is 6.16. The number of carbonyl (C=O) groups is 2. The molecule has 1 heterocycles. The van der Waals surface area contributed by atoms with Crippen LogP contribution < -0.4 is 10.1 Å². The number of rotatable bonds is 9. The molecule has 0 aliphatic carbocycles. The highest BCUT2D eigenvalue weighted by Gasteiger charge is 2.26. The van der Waals surface area contributed by atoms with E-state index >= 15 is 0 Å². The Balaban J connectivity index is 1.57. The first-order chi connectivity index (χ1) is 16.3. The molecule has 9 heteroatoms. The lowest BCUT2D eigenvalue weighted by Crippen LogP contribution is -2.47. The van der Waals surface area contributed by atoms with E-state index in [1.807, 2.05) is 29.2 Å². The highest BCUT2D eigenvalue weighted by Crippen LogP contribution is 2.21. The zero-order valence-electron chi connectivity index (χ0n) is 20.0. The average Bonchev–Trinajstić information content (AvgIpc) is 2.85. The van der Waals surface area contributed by atoms with Crippen LogP contribution in [0.25, 0.3) is 0 Å². The maximum absolute atomic E-state index is 12.8. The van der Waals surface area contributed by atoms with Crippen molar-refractivity contribution in [1.82, 2.24) is 14.5 Å². The van der Waals surface area contributed by atoms with Crippen LogP contribution >= 0.6 is 0 Å². The molecule has 1 aliphatic heterocycles. The van der Waals surface area contributed by atoms with Crippen molar-refractivity contribution in [2.75, 3.05) is 33.3 Å². The number of ether oxygens (including phenoxy) is 1. The zero-order valence-corrected chi connectivity index (χ0v) is 20.8. The van der Waals surface area contributed by atoms with Gasteiger partial charge in [-0.3, -0.25) is 9.59 Å². The molecule has 8 nitrogen and oxygen atoms in total. The average molecular weight is 488 g/mol. The van der Waals surface area contributed by atoms with E-state index < -0.39 is 10.0 Å². The van der Waals surface area contributed by atoms with E-state index in [0.717, 1.165) is 5.56 Å². The third kappa shape index (κ3) is 5.95. The molecule has 1 fully saturated rings. The van der Waals surface area contributed by atoms with Crippen LogP contribution in [0.3, 0.4) is 0 Å². The highest BCUT2D eigenvalue weighted by atomic mass is 32.2. The van der Waals surface area contributed by atoms with E-state index in [-0.39, 0.29) is 29.2 Å². The fourth-order valence-electron chi connectivity index (χ4n) is 4.18. The Kier molecular flexibility index (Phi) is 8.68. The SMILES string of the molecule is CCN(CC)S(=O)(=O)c1cccc(C(=O)NC2CCN(C(=O)Cc3ccccc3OC)CC2)c1. The molecule has 3 rings (SSSR count). The normalized spacial score (nSPS) is 14.8. The number of benzene rings is 2. The van der Waals surface area contributed by atoms with Crippen molar-refractivity contribution in [2.45, 2.75) is 44.0 Å². The second kappa shape index (κ2) is 11.5. The fourth-order valence-corrected chi connectivity index (χ4v) is 5.68. The van der Waals surface area contributed by atoms with Gasteiger partial charge in [0.2, 0.25) is 15.9 Å². The molecule has 1 saturated heterocycles. The van der Waals surface area contributed by atoms with Crippen molar-refractivity contribution in [3.63, 3.8) is 0 Å². The minimum Gasteiger partial charge on any atom is -0.496 e. The second-order valence-electron chi connectivity index (χ2n) is 8.23. The van der Waals surface area contributed by atoms with Gasteiger partial charge in [0.05, 0.1) is 18.4 Å². The first kappa shape index (κ1) is 25.7. The van der Waals surface area contributed by atoms with E-state index in [9.17, 15) is 18.0 Å². The number of carbonyl (C=O) groups excluding carboxylic acids is 2. The monoisotopic (exact) mass is 487 g/mol. The Morgan fingerprint density at radius 3 is 2.38 bits per heavy atom. The summed E-state index contributed by atoms with van der Waals surface area (Å²) in [6.45, 7) is 5.40. The number of nitrogens with one attached hydrogen (secondary N) is 1. The Morgan fingerprint density at radius 2 is 1.74 bits per heavy atom. The van der Waals surface area contributed by atoms with E-state index in [2.05, 4.69) is 5.32 Å². The van der Waals surface area contributed by atoms with Crippen LogP contribution in [0.5, 0.6) is 5.75 Å². The molecule has 0 atom stereocenters. The molecule has 0 saturated carbocycles. The van der Waals surface area contributed by atoms with Gasteiger partial charge in [0.1, 0.15) is 5.75 Å². The number of nitrogens with zero attached hydrogens (tertiary/aromatic N) is 2. The standard InChI is InChI=1S/C25H33N3O5S/c1-4-28(5-2)34(31,32)22-11-8-10-20(17-22)25(30)26-21-13-15-27(16-14-21)24(29)18-19-9-6-7-12-23(19)33-3/h6-12,17,21H,4-5,13-16,18H2,1-3H3,(H,26,30). The summed E-state index contributed by atoms with van der Waals surface area (Å²) in [5.41, 5.74) is 1.16. The molecule has 0 aromatic heterocycles. The van der Waals surface area contributed by atoms with Crippen LogP contribution in [-0.2, 0) is 21.2 Å². The summed E-state index contributed by atoms with van der Waals surface area (Å²) in [6.07, 6.45) is 1.55. The topological polar surface area (TPSA) is 96.0 Å². The minimum atomic E-state index is -3.64. The molecule has 1 N–H and O–H groups in total. The lowest BCUT2D eigenvalue weighted by molar-refractivity contribution is -0.131. The van der Waals surface area contributed by atoms with Gasteiger partial charge in [-0.2, -0.15) is 4.31 Å². The Morgan fingerprint density at radius 1 is 1.06 bits per heavy atom. The van der Waals surface area contributed by atoms with E-state index in [4.69, 9.17) is 4.74 Å². The summed E-state index contributed by atoms with van der Waals surface area (Å²) in [7, 11) is -2.05. The number of likely N-dealkylation sites (tertiary alicyclic amines) is 1. The lowest BCUT2D eigenvalue weighted by Gasteiger charge is -2.32. The molecule has 34 heavy (non-hydrogen) atoms. The summed E-state index contributed by atoms with van der Waals surface area (Å²) in [5, 5.41) is 2.99. The van der Waals surface area contributed by atoms with Crippen LogP contribution in [-0.4, -0.2) is 68.8 Å². The zero-order chi connectivity index (χ0) is 24.7. The maximum Gasteiger partial charge on any atom is 0.251 e. The van der Waals surface area contributed by atoms with Crippen LogP contribution in [0.15, 0.2) is 53.4 Å². The first-order valence-electron chi connectivity index (χ1n) is 11.6. The molecule has 0 radical (unpaired) electrons. The lowest BCUT2D eigenvalue weighted by atomic mass is 10.0. The predicted octanol–water partition coefficient (Wildman–Crippen LogP) is 2.69. The Bertz CT molecular complexity index is 1110. The van der Waals surface area contributed by atoms with Crippen LogP contribution in [0.4, 0.5) is 0 Å². The minimum absolute atomic E-state index is 0.0311. The molecular weight excluding hydrogens is 454 g/mol. The summed E-state index contributed by atoms with van der Waals surface area (Å²) in [6, 6.07) is 13.5. The largest absolute Gasteiger partial charge is 0.496 e. The smallest absolute Gasteiger partial charge is 0.251 e. The molecule has 0 bridgehead atoms. The molecule has 0 spiro atoms. The number of piperidine rings is 1. The molecule has 1 aliphatic rings. The van der Waals surface area contributed by atoms with Crippen molar-refractivity contribution in [2.24, 2.45) is 0 Å². The third-order valence-corrected chi connectivity index (χ3v) is 8.20. The fraction of sp³-hybridized carbons (Fsp3) is 0.440. The highest BCUT2D eigenvalue weighted by molar-refractivity contribution is 7.89. The Hall–Kier alpha value is -2.91. The van der Waals surface area contributed by atoms with Gasteiger partial charge in [-0.15, -0.1) is 0 Å². The van der Waals surface area contributed by atoms with Crippen LogP contribution in [0.2, 0.25) is 0 Å². The van der Waals surface area contributed by atoms with E-state index in [1.54, 1.807) is 33.1 Å². The van der Waals surface area contributed by atoms with Crippen LogP contribution in [0.1, 0.15) is 42.6 Å². The molecular formula is C25H33N3O5S. The number of amides is 2. The number of hydrogen-bond donors (Lipinski definition) is 1. The predicted molar refractivity (Wildman–Crippen MR) is 130 cm³/mol. The van der Waals surface area contributed by atoms with Gasteiger partial charge in [0, 0.05) is 43.3 Å². The first-order valence-corrected chi connectivity index (χ1v) is 13.0. The summed E-state index contributed by atoms with van der Waals surface area (Å²) in [4.78, 5) is 27.5. The van der Waals surface area contributed by atoms with Crippen LogP contribution in [0, 0.1) is 0 Å². The van der Waals surface area contributed by atoms with Crippen molar-refractivity contribution in [3.05, 3.63) is 59.7 Å². The van der Waals surface area contributed by atoms with E-state index in [1.165, 1.54) is 16.4 Å². The number of hydrogen-bond acceptors (Lipinski definition) is 5. The van der Waals surface area contributed by atoms with Crippen molar-refractivity contribution >= 4 is 21.8 Å². The van der Waals surface area contributed by atoms with Gasteiger partial charge in [-0.05, 0) is 37.1 Å². The summed E-state index contributed by atoms with van der Waals surface area (Å²) in [5.74, 6) is 0.419. The van der Waals surface area contributed by atoms with Crippen molar-refractivity contribution in [3.8, 4) is 5.75 Å². The second-order valence-corrected chi connectivity index (χ2v) is 10.2. The van der Waals surface area contributed by atoms with Gasteiger partial charge in [0.15, 0.2) is 0 Å². The molecule has 2 aromatic rings. The van der Waals surface area contributed by atoms with Gasteiger partial charge in [0.25, 0.3) is 5.91 Å². The van der Waals surface area contributed by atoms with Gasteiger partial charge in [-0.1, -0.05) is 38.1 Å². The number of methoxy groups -OCH3 is 1. The summed E-state index contributed by atoms with van der Waals surface area (Å²) >= 11 is 0. The van der Waals surface area contributed by atoms with Gasteiger partial charge in [-0.25, -0.2) is 8.42 Å². The molecule has 184 valence electrons. The van der Waals surface area contributed by atoms with Gasteiger partial charge >= 0.3 is 0 Å². The van der Waals surface area contributed by atoms with E-state index in [0.29, 0.717) is 50.3 Å². The number of sulfonamides is 1. The summed E-state index contributed by atoms with van der Waals surface area (Å²) < 4.78 is 32.3. The number of para-hydroxylation sites is 1.